The molecule has 1 unspecified atom stereocenters. The maximum atomic E-state index is 13.0. The van der Waals surface area contributed by atoms with Gasteiger partial charge in [0.1, 0.15) is 0 Å². The molecule has 1 atom stereocenters. The third kappa shape index (κ3) is 3.41. The van der Waals surface area contributed by atoms with E-state index in [1.807, 2.05) is 0 Å². The summed E-state index contributed by atoms with van der Waals surface area (Å²) in [6, 6.07) is 2.19. The van der Waals surface area contributed by atoms with Gasteiger partial charge in [-0.25, -0.2) is 0 Å². The molecule has 1 spiro atoms. The van der Waals surface area contributed by atoms with E-state index in [4.69, 9.17) is 0 Å². The zero-order valence-electron chi connectivity index (χ0n) is 14.7. The standard InChI is InChI=1S/C20H30N2OS/c23-19(17-12-18(24-14-17)16-6-4-10-21-13-16)22-11-5-9-20(15-22)7-2-1-3-8-20/h12,14,16,21H,1-11,13,15H2. The molecule has 2 saturated heterocycles. The Balaban J connectivity index is 1.44. The lowest BCUT2D eigenvalue weighted by Gasteiger charge is -2.45. The zero-order chi connectivity index (χ0) is 16.4. The molecule has 0 bridgehead atoms. The van der Waals surface area contributed by atoms with E-state index in [1.54, 1.807) is 11.3 Å². The van der Waals surface area contributed by atoms with E-state index < -0.39 is 0 Å². The highest BCUT2D eigenvalue weighted by molar-refractivity contribution is 7.10. The third-order valence-electron chi connectivity index (χ3n) is 6.43. The van der Waals surface area contributed by atoms with Crippen molar-refractivity contribution >= 4 is 17.2 Å². The van der Waals surface area contributed by atoms with Crippen LogP contribution in [0.15, 0.2) is 11.4 Å². The fourth-order valence-corrected chi connectivity index (χ4v) is 6.07. The Bertz CT molecular complexity index is 564. The maximum absolute atomic E-state index is 13.0. The smallest absolute Gasteiger partial charge is 0.254 e. The molecule has 24 heavy (non-hydrogen) atoms. The first-order valence-corrected chi connectivity index (χ1v) is 10.7. The molecule has 1 saturated carbocycles. The first-order chi connectivity index (χ1) is 11.8. The van der Waals surface area contributed by atoms with Crippen LogP contribution in [0.2, 0.25) is 0 Å². The van der Waals surface area contributed by atoms with Gasteiger partial charge in [-0.3, -0.25) is 4.79 Å². The minimum Gasteiger partial charge on any atom is -0.338 e. The lowest BCUT2D eigenvalue weighted by atomic mass is 9.69. The van der Waals surface area contributed by atoms with Crippen LogP contribution >= 0.6 is 11.3 Å². The zero-order valence-corrected chi connectivity index (χ0v) is 15.5. The van der Waals surface area contributed by atoms with Gasteiger partial charge in [-0.2, -0.15) is 0 Å². The summed E-state index contributed by atoms with van der Waals surface area (Å²) in [6.07, 6.45) is 11.8. The van der Waals surface area contributed by atoms with Crippen molar-refractivity contribution in [3.63, 3.8) is 0 Å². The topological polar surface area (TPSA) is 32.3 Å². The van der Waals surface area contributed by atoms with Gasteiger partial charge >= 0.3 is 0 Å². The minimum atomic E-state index is 0.283. The summed E-state index contributed by atoms with van der Waals surface area (Å²) in [4.78, 5) is 16.6. The molecule has 3 heterocycles. The molecule has 2 aliphatic heterocycles. The molecule has 4 rings (SSSR count). The SMILES string of the molecule is O=C(c1csc(C2CCCNC2)c1)N1CCCC2(CCCCC2)C1. The number of amides is 1. The summed E-state index contributed by atoms with van der Waals surface area (Å²) in [6.45, 7) is 4.17. The highest BCUT2D eigenvalue weighted by atomic mass is 32.1. The number of nitrogens with zero attached hydrogens (tertiary/aromatic N) is 1. The number of thiophene rings is 1. The average molecular weight is 347 g/mol. The number of hydrogen-bond acceptors (Lipinski definition) is 3. The van der Waals surface area contributed by atoms with E-state index in [0.717, 1.165) is 31.7 Å². The predicted octanol–water partition coefficient (Wildman–Crippen LogP) is 4.40. The first kappa shape index (κ1) is 16.6. The van der Waals surface area contributed by atoms with Crippen molar-refractivity contribution in [2.24, 2.45) is 5.41 Å². The molecule has 1 aromatic heterocycles. The second kappa shape index (κ2) is 7.17. The molecule has 3 nitrogen and oxygen atoms in total. The van der Waals surface area contributed by atoms with Crippen LogP contribution in [0.3, 0.4) is 0 Å². The van der Waals surface area contributed by atoms with Gasteiger partial charge in [-0.15, -0.1) is 11.3 Å². The van der Waals surface area contributed by atoms with Crippen molar-refractivity contribution in [2.45, 2.75) is 63.7 Å². The number of hydrogen-bond donors (Lipinski definition) is 1. The number of nitrogens with one attached hydrogen (secondary N) is 1. The van der Waals surface area contributed by atoms with Gasteiger partial charge in [0, 0.05) is 35.8 Å². The number of carbonyl (C=O) groups is 1. The van der Waals surface area contributed by atoms with Crippen molar-refractivity contribution < 1.29 is 4.79 Å². The van der Waals surface area contributed by atoms with Crippen LogP contribution < -0.4 is 5.32 Å². The molecule has 0 aromatic carbocycles. The molecule has 1 N–H and O–H groups in total. The van der Waals surface area contributed by atoms with E-state index in [-0.39, 0.29) is 5.91 Å². The summed E-state index contributed by atoms with van der Waals surface area (Å²) < 4.78 is 0. The predicted molar refractivity (Wildman–Crippen MR) is 99.8 cm³/mol. The Morgan fingerprint density at radius 1 is 1.17 bits per heavy atom. The Hall–Kier alpha value is -0.870. The Morgan fingerprint density at radius 2 is 2.00 bits per heavy atom. The molecule has 3 aliphatic rings. The molecule has 132 valence electrons. The van der Waals surface area contributed by atoms with Crippen molar-refractivity contribution in [3.8, 4) is 0 Å². The monoisotopic (exact) mass is 346 g/mol. The molecule has 4 heteroatoms. The Labute approximate surface area is 149 Å². The quantitative estimate of drug-likeness (QED) is 0.861. The summed E-state index contributed by atoms with van der Waals surface area (Å²) >= 11 is 1.79. The largest absolute Gasteiger partial charge is 0.338 e. The van der Waals surface area contributed by atoms with Crippen LogP contribution in [0.1, 0.15) is 78.9 Å². The van der Waals surface area contributed by atoms with Crippen molar-refractivity contribution in [1.82, 2.24) is 10.2 Å². The number of likely N-dealkylation sites (tertiary alicyclic amines) is 1. The van der Waals surface area contributed by atoms with Crippen LogP contribution in [0.5, 0.6) is 0 Å². The van der Waals surface area contributed by atoms with E-state index in [2.05, 4.69) is 21.7 Å². The lowest BCUT2D eigenvalue weighted by Crippen LogP contribution is -2.46. The number of piperidine rings is 2. The minimum absolute atomic E-state index is 0.283. The molecule has 1 aromatic rings. The maximum Gasteiger partial charge on any atom is 0.254 e. The molecule has 3 fully saturated rings. The highest BCUT2D eigenvalue weighted by Crippen LogP contribution is 2.43. The summed E-state index contributed by atoms with van der Waals surface area (Å²) in [7, 11) is 0. The average Bonchev–Trinajstić information content (AvgIpc) is 3.13. The fourth-order valence-electron chi connectivity index (χ4n) is 5.05. The molecule has 0 radical (unpaired) electrons. The summed E-state index contributed by atoms with van der Waals surface area (Å²) in [5.74, 6) is 0.891. The summed E-state index contributed by atoms with van der Waals surface area (Å²) in [5, 5.41) is 5.59. The van der Waals surface area contributed by atoms with Gasteiger partial charge in [0.15, 0.2) is 0 Å². The lowest BCUT2D eigenvalue weighted by molar-refractivity contribution is 0.0384. The van der Waals surface area contributed by atoms with Gasteiger partial charge in [0.25, 0.3) is 5.91 Å². The van der Waals surface area contributed by atoms with Gasteiger partial charge < -0.3 is 10.2 Å². The van der Waals surface area contributed by atoms with E-state index in [0.29, 0.717) is 11.3 Å². The molecule has 1 aliphatic carbocycles. The highest BCUT2D eigenvalue weighted by Gasteiger charge is 2.38. The second-order valence-electron chi connectivity index (χ2n) is 8.17. The van der Waals surface area contributed by atoms with E-state index >= 15 is 0 Å². The fraction of sp³-hybridized carbons (Fsp3) is 0.750. The van der Waals surface area contributed by atoms with Crippen LogP contribution in [0.25, 0.3) is 0 Å². The van der Waals surface area contributed by atoms with Gasteiger partial charge in [-0.05, 0) is 56.6 Å². The number of carbonyl (C=O) groups excluding carboxylic acids is 1. The Morgan fingerprint density at radius 3 is 2.79 bits per heavy atom. The molecule has 1 amide bonds. The van der Waals surface area contributed by atoms with Crippen molar-refractivity contribution in [3.05, 3.63) is 21.9 Å². The summed E-state index contributed by atoms with van der Waals surface area (Å²) in [5.41, 5.74) is 1.38. The van der Waals surface area contributed by atoms with Crippen molar-refractivity contribution in [2.75, 3.05) is 26.2 Å². The van der Waals surface area contributed by atoms with Crippen LogP contribution in [-0.2, 0) is 0 Å². The molecular formula is C20H30N2OS. The van der Waals surface area contributed by atoms with E-state index in [9.17, 15) is 4.79 Å². The number of rotatable bonds is 2. The molecular weight excluding hydrogens is 316 g/mol. The van der Waals surface area contributed by atoms with Crippen LogP contribution in [-0.4, -0.2) is 37.0 Å². The van der Waals surface area contributed by atoms with E-state index in [1.165, 1.54) is 62.7 Å². The third-order valence-corrected chi connectivity index (χ3v) is 7.52. The second-order valence-corrected chi connectivity index (χ2v) is 9.11. The van der Waals surface area contributed by atoms with Gasteiger partial charge in [0.05, 0.1) is 5.56 Å². The van der Waals surface area contributed by atoms with Gasteiger partial charge in [-0.1, -0.05) is 19.3 Å². The van der Waals surface area contributed by atoms with Crippen molar-refractivity contribution in [1.29, 1.82) is 0 Å². The van der Waals surface area contributed by atoms with Gasteiger partial charge in [0.2, 0.25) is 0 Å². The normalized spacial score (nSPS) is 27.3. The van der Waals surface area contributed by atoms with Crippen LogP contribution in [0, 0.1) is 5.41 Å². The first-order valence-electron chi connectivity index (χ1n) is 9.84. The van der Waals surface area contributed by atoms with Crippen LogP contribution in [0.4, 0.5) is 0 Å². The Kier molecular flexibility index (Phi) is 4.95.